The average Bonchev–Trinajstić information content (AvgIpc) is 2.71. The number of hydrogen-bond acceptors (Lipinski definition) is 7. The van der Waals surface area contributed by atoms with Crippen LogP contribution in [0.1, 0.15) is 27.7 Å². The SMILES string of the molecule is C=C(C)C(=O)OC1=CC(C)C(Nc2ccc(OC(=O)C(=C)C)c(OC(=O)C(=C)C)c2)C=C1. The Morgan fingerprint density at radius 2 is 1.38 bits per heavy atom. The molecule has 2 rings (SSSR count). The van der Waals surface area contributed by atoms with Gasteiger partial charge in [-0.05, 0) is 45.1 Å². The normalized spacial score (nSPS) is 16.9. The van der Waals surface area contributed by atoms with Gasteiger partial charge in [0.2, 0.25) is 0 Å². The minimum absolute atomic E-state index is 0.0183. The van der Waals surface area contributed by atoms with E-state index in [1.165, 1.54) is 19.9 Å². The molecule has 0 spiro atoms. The molecular weight excluding hydrogens is 410 g/mol. The van der Waals surface area contributed by atoms with Crippen molar-refractivity contribution in [3.05, 3.63) is 78.6 Å². The van der Waals surface area contributed by atoms with Gasteiger partial charge in [0.15, 0.2) is 11.5 Å². The van der Waals surface area contributed by atoms with Crippen molar-refractivity contribution in [2.24, 2.45) is 5.92 Å². The van der Waals surface area contributed by atoms with E-state index >= 15 is 0 Å². The first-order valence-electron chi connectivity index (χ1n) is 9.91. The Hall–Kier alpha value is -3.87. The fourth-order valence-electron chi connectivity index (χ4n) is 2.56. The van der Waals surface area contributed by atoms with Crippen molar-refractivity contribution >= 4 is 23.6 Å². The predicted molar refractivity (Wildman–Crippen MR) is 122 cm³/mol. The van der Waals surface area contributed by atoms with Crippen molar-refractivity contribution in [3.63, 3.8) is 0 Å². The van der Waals surface area contributed by atoms with Crippen molar-refractivity contribution in [2.75, 3.05) is 5.32 Å². The highest BCUT2D eigenvalue weighted by Gasteiger charge is 2.21. The largest absolute Gasteiger partial charge is 0.424 e. The van der Waals surface area contributed by atoms with Crippen LogP contribution in [0.25, 0.3) is 0 Å². The fourth-order valence-corrected chi connectivity index (χ4v) is 2.56. The molecule has 0 amide bonds. The summed E-state index contributed by atoms with van der Waals surface area (Å²) in [5.41, 5.74) is 1.35. The van der Waals surface area contributed by atoms with Crippen LogP contribution < -0.4 is 14.8 Å². The van der Waals surface area contributed by atoms with Gasteiger partial charge in [0, 0.05) is 34.4 Å². The molecule has 0 radical (unpaired) electrons. The zero-order valence-electron chi connectivity index (χ0n) is 18.7. The van der Waals surface area contributed by atoms with Crippen LogP contribution in [0.3, 0.4) is 0 Å². The van der Waals surface area contributed by atoms with Gasteiger partial charge in [-0.3, -0.25) is 0 Å². The summed E-state index contributed by atoms with van der Waals surface area (Å²) in [6.45, 7) is 17.3. The standard InChI is InChI=1S/C25H27NO6/c1-14(2)23(27)30-19-9-10-20(17(7)12-19)26-18-8-11-21(31-24(28)15(3)4)22(13-18)32-25(29)16(5)6/h8-13,17,20,26H,1,3,5H2,2,4,6-7H3. The first-order valence-corrected chi connectivity index (χ1v) is 9.91. The Bertz CT molecular complexity index is 1050. The first kappa shape index (κ1) is 24.4. The molecule has 0 bridgehead atoms. The van der Waals surface area contributed by atoms with Gasteiger partial charge in [-0.15, -0.1) is 0 Å². The Morgan fingerprint density at radius 3 is 1.91 bits per heavy atom. The van der Waals surface area contributed by atoms with Crippen molar-refractivity contribution < 1.29 is 28.6 Å². The Labute approximate surface area is 187 Å². The van der Waals surface area contributed by atoms with Gasteiger partial charge in [0.25, 0.3) is 0 Å². The molecule has 32 heavy (non-hydrogen) atoms. The van der Waals surface area contributed by atoms with Crippen LogP contribution in [0.2, 0.25) is 0 Å². The van der Waals surface area contributed by atoms with Gasteiger partial charge >= 0.3 is 17.9 Å². The first-order chi connectivity index (χ1) is 15.0. The Kier molecular flexibility index (Phi) is 7.96. The molecule has 168 valence electrons. The van der Waals surface area contributed by atoms with E-state index in [-0.39, 0.29) is 34.6 Å². The van der Waals surface area contributed by atoms with Crippen molar-refractivity contribution in [3.8, 4) is 11.5 Å². The summed E-state index contributed by atoms with van der Waals surface area (Å²) in [7, 11) is 0. The lowest BCUT2D eigenvalue weighted by Gasteiger charge is -2.25. The fraction of sp³-hybridized carbons (Fsp3) is 0.240. The zero-order chi connectivity index (χ0) is 24.0. The Balaban J connectivity index is 2.21. The number of nitrogens with one attached hydrogen (secondary N) is 1. The molecule has 0 aromatic heterocycles. The lowest BCUT2D eigenvalue weighted by Crippen LogP contribution is -2.26. The molecule has 2 unspecified atom stereocenters. The van der Waals surface area contributed by atoms with E-state index < -0.39 is 17.9 Å². The maximum absolute atomic E-state index is 12.0. The molecule has 0 heterocycles. The molecule has 7 nitrogen and oxygen atoms in total. The second kappa shape index (κ2) is 10.4. The summed E-state index contributed by atoms with van der Waals surface area (Å²) in [5, 5.41) is 3.31. The zero-order valence-corrected chi connectivity index (χ0v) is 18.7. The molecule has 1 aliphatic carbocycles. The van der Waals surface area contributed by atoms with Gasteiger partial charge in [-0.2, -0.15) is 0 Å². The van der Waals surface area contributed by atoms with Crippen molar-refractivity contribution in [2.45, 2.75) is 33.7 Å². The third-order valence-electron chi connectivity index (χ3n) is 4.40. The van der Waals surface area contributed by atoms with Gasteiger partial charge in [-0.1, -0.05) is 32.7 Å². The third-order valence-corrected chi connectivity index (χ3v) is 4.40. The molecule has 1 aromatic rings. The number of hydrogen-bond donors (Lipinski definition) is 1. The summed E-state index contributed by atoms with van der Waals surface area (Å²) < 4.78 is 15.9. The average molecular weight is 437 g/mol. The van der Waals surface area contributed by atoms with Crippen LogP contribution in [0.15, 0.2) is 78.6 Å². The molecule has 0 saturated heterocycles. The number of allylic oxidation sites excluding steroid dienone is 1. The summed E-state index contributed by atoms with van der Waals surface area (Å²) in [6, 6.07) is 4.65. The topological polar surface area (TPSA) is 90.9 Å². The number of rotatable bonds is 8. The molecule has 2 atom stereocenters. The lowest BCUT2D eigenvalue weighted by molar-refractivity contribution is -0.134. The minimum atomic E-state index is -0.646. The second-order valence-corrected chi connectivity index (χ2v) is 7.63. The summed E-state index contributed by atoms with van der Waals surface area (Å²) in [5.74, 6) is -1.19. The number of anilines is 1. The van der Waals surface area contributed by atoms with Gasteiger partial charge in [0.05, 0.1) is 6.04 Å². The van der Waals surface area contributed by atoms with Gasteiger partial charge < -0.3 is 19.5 Å². The predicted octanol–water partition coefficient (Wildman–Crippen LogP) is 4.64. The molecule has 1 aromatic carbocycles. The van der Waals surface area contributed by atoms with Crippen molar-refractivity contribution in [1.82, 2.24) is 0 Å². The smallest absolute Gasteiger partial charge is 0.338 e. The molecule has 0 aliphatic heterocycles. The number of benzene rings is 1. The highest BCUT2D eigenvalue weighted by atomic mass is 16.6. The molecule has 0 saturated carbocycles. The highest BCUT2D eigenvalue weighted by molar-refractivity contribution is 5.91. The quantitative estimate of drug-likeness (QED) is 0.360. The van der Waals surface area contributed by atoms with Crippen LogP contribution in [-0.2, 0) is 19.1 Å². The second-order valence-electron chi connectivity index (χ2n) is 7.63. The maximum Gasteiger partial charge on any atom is 0.338 e. The van der Waals surface area contributed by atoms with Gasteiger partial charge in [-0.25, -0.2) is 14.4 Å². The number of carbonyl (C=O) groups is 3. The lowest BCUT2D eigenvalue weighted by atomic mass is 9.96. The van der Waals surface area contributed by atoms with E-state index in [9.17, 15) is 14.4 Å². The number of esters is 3. The van der Waals surface area contributed by atoms with Crippen LogP contribution in [0.5, 0.6) is 11.5 Å². The van der Waals surface area contributed by atoms with E-state index in [0.29, 0.717) is 17.0 Å². The van der Waals surface area contributed by atoms with Crippen LogP contribution in [0, 0.1) is 5.92 Å². The molecule has 1 aliphatic rings. The summed E-state index contributed by atoms with van der Waals surface area (Å²) >= 11 is 0. The molecule has 7 heteroatoms. The van der Waals surface area contributed by atoms with E-state index in [4.69, 9.17) is 14.2 Å². The van der Waals surface area contributed by atoms with Crippen molar-refractivity contribution in [1.29, 1.82) is 0 Å². The molecule has 1 N–H and O–H groups in total. The van der Waals surface area contributed by atoms with E-state index in [0.717, 1.165) is 0 Å². The Morgan fingerprint density at radius 1 is 0.844 bits per heavy atom. The van der Waals surface area contributed by atoms with E-state index in [1.807, 2.05) is 19.1 Å². The monoisotopic (exact) mass is 437 g/mol. The van der Waals surface area contributed by atoms with Gasteiger partial charge in [0.1, 0.15) is 5.76 Å². The van der Waals surface area contributed by atoms with Crippen LogP contribution >= 0.6 is 0 Å². The molecule has 0 fully saturated rings. The van der Waals surface area contributed by atoms with Crippen LogP contribution in [-0.4, -0.2) is 23.9 Å². The third kappa shape index (κ3) is 6.57. The van der Waals surface area contributed by atoms with Crippen LogP contribution in [0.4, 0.5) is 5.69 Å². The number of ether oxygens (including phenoxy) is 3. The van der Waals surface area contributed by atoms with E-state index in [2.05, 4.69) is 25.1 Å². The highest BCUT2D eigenvalue weighted by Crippen LogP contribution is 2.33. The summed E-state index contributed by atoms with van der Waals surface area (Å²) in [6.07, 6.45) is 5.38. The minimum Gasteiger partial charge on any atom is -0.424 e. The van der Waals surface area contributed by atoms with E-state index in [1.54, 1.807) is 25.1 Å². The number of carbonyl (C=O) groups excluding carboxylic acids is 3. The maximum atomic E-state index is 12.0. The summed E-state index contributed by atoms with van der Waals surface area (Å²) in [4.78, 5) is 35.7. The molecular formula is C25H27NO6.